The van der Waals surface area contributed by atoms with Gasteiger partial charge in [0.2, 0.25) is 0 Å². The molecular weight excluding hydrogens is 619 g/mol. The van der Waals surface area contributed by atoms with Gasteiger partial charge in [0.05, 0.1) is 42.3 Å². The van der Waals surface area contributed by atoms with E-state index in [1.807, 2.05) is 11.0 Å². The third-order valence-corrected chi connectivity index (χ3v) is 7.76. The number of ether oxygens (including phenoxy) is 2. The van der Waals surface area contributed by atoms with Crippen LogP contribution in [0.1, 0.15) is 35.6 Å². The molecule has 2 aliphatic heterocycles. The number of urea groups is 2. The number of carbonyl (C=O) groups is 3. The molecule has 1 saturated heterocycles. The first-order valence-electron chi connectivity index (χ1n) is 14.2. The highest BCUT2D eigenvalue weighted by Gasteiger charge is 2.47. The van der Waals surface area contributed by atoms with E-state index in [0.29, 0.717) is 36.5 Å². The smallest absolute Gasteiger partial charge is 0.416 e. The lowest BCUT2D eigenvalue weighted by Crippen LogP contribution is -2.54. The van der Waals surface area contributed by atoms with E-state index in [2.05, 4.69) is 15.6 Å². The maximum absolute atomic E-state index is 14.2. The van der Waals surface area contributed by atoms with Crippen LogP contribution in [0.4, 0.5) is 37.2 Å². The number of benzene rings is 2. The molecule has 2 N–H and O–H groups in total. The second-order valence-electron chi connectivity index (χ2n) is 10.6. The summed E-state index contributed by atoms with van der Waals surface area (Å²) in [5.74, 6) is -4.64. The minimum atomic E-state index is -4.55. The van der Waals surface area contributed by atoms with Crippen LogP contribution in [0.5, 0.6) is 0 Å². The molecule has 0 bridgehead atoms. The van der Waals surface area contributed by atoms with E-state index in [1.54, 1.807) is 0 Å². The number of methoxy groups -OCH3 is 2. The molecule has 16 heteroatoms. The number of nitrogens with zero attached hydrogens (tertiary/aromatic N) is 4. The first-order valence-corrected chi connectivity index (χ1v) is 14.2. The number of imide groups is 1. The van der Waals surface area contributed by atoms with E-state index in [1.165, 1.54) is 13.2 Å². The second kappa shape index (κ2) is 14.6. The highest BCUT2D eigenvalue weighted by atomic mass is 19.4. The summed E-state index contributed by atoms with van der Waals surface area (Å²) in [5.41, 5.74) is -0.629. The Kier molecular flexibility index (Phi) is 10.9. The van der Waals surface area contributed by atoms with Crippen molar-refractivity contribution in [3.8, 4) is 6.07 Å². The number of alkyl halides is 3. The van der Waals surface area contributed by atoms with Crippen LogP contribution in [0.2, 0.25) is 0 Å². The molecule has 1 fully saturated rings. The van der Waals surface area contributed by atoms with Crippen LogP contribution < -0.4 is 15.5 Å². The van der Waals surface area contributed by atoms with Crippen molar-refractivity contribution < 1.29 is 45.8 Å². The second-order valence-corrected chi connectivity index (χ2v) is 10.6. The fourth-order valence-electron chi connectivity index (χ4n) is 5.54. The molecule has 0 saturated carbocycles. The molecule has 0 aliphatic carbocycles. The molecule has 11 nitrogen and oxygen atoms in total. The van der Waals surface area contributed by atoms with Crippen molar-refractivity contribution in [2.24, 2.45) is 10.9 Å². The molecule has 0 spiro atoms. The summed E-state index contributed by atoms with van der Waals surface area (Å²) in [6, 6.07) is 4.28. The molecule has 4 rings (SSSR count). The number of rotatable bonds is 9. The van der Waals surface area contributed by atoms with Gasteiger partial charge in [0.1, 0.15) is 12.0 Å². The van der Waals surface area contributed by atoms with Crippen molar-refractivity contribution in [1.82, 2.24) is 15.5 Å². The topological polar surface area (TPSA) is 136 Å². The molecule has 2 heterocycles. The average molecular weight is 651 g/mol. The van der Waals surface area contributed by atoms with Crippen molar-refractivity contribution in [1.29, 1.82) is 5.26 Å². The summed E-state index contributed by atoms with van der Waals surface area (Å²) < 4.78 is 77.1. The average Bonchev–Trinajstić information content (AvgIpc) is 3.03. The minimum absolute atomic E-state index is 0.00963. The highest BCUT2D eigenvalue weighted by molar-refractivity contribution is 6.12. The van der Waals surface area contributed by atoms with Gasteiger partial charge in [0.25, 0.3) is 0 Å². The fraction of sp³-hybridized carbons (Fsp3) is 0.433. The number of piperidine rings is 1. The fourth-order valence-corrected chi connectivity index (χ4v) is 5.54. The quantitative estimate of drug-likeness (QED) is 0.235. The zero-order valence-electron chi connectivity index (χ0n) is 24.9. The third kappa shape index (κ3) is 7.60. The molecule has 246 valence electrons. The van der Waals surface area contributed by atoms with E-state index in [-0.39, 0.29) is 42.6 Å². The summed E-state index contributed by atoms with van der Waals surface area (Å²) in [5, 5.41) is 15.3. The van der Waals surface area contributed by atoms with Gasteiger partial charge in [-0.3, -0.25) is 4.79 Å². The zero-order chi connectivity index (χ0) is 33.6. The Labute approximate surface area is 260 Å². The van der Waals surface area contributed by atoms with Gasteiger partial charge < -0.3 is 25.0 Å². The summed E-state index contributed by atoms with van der Waals surface area (Å²) in [6.07, 6.45) is -3.36. The number of carbonyl (C=O) groups excluding carboxylic acids is 3. The lowest BCUT2D eigenvalue weighted by atomic mass is 9.86. The van der Waals surface area contributed by atoms with Crippen molar-refractivity contribution >= 4 is 29.4 Å². The van der Waals surface area contributed by atoms with E-state index in [9.17, 15) is 41.6 Å². The van der Waals surface area contributed by atoms with Gasteiger partial charge in [-0.15, -0.1) is 0 Å². The first-order chi connectivity index (χ1) is 21.9. The Morgan fingerprint density at radius 2 is 1.78 bits per heavy atom. The largest absolute Gasteiger partial charge is 0.468 e. The maximum Gasteiger partial charge on any atom is 0.416 e. The van der Waals surface area contributed by atoms with Crippen molar-refractivity contribution in [3.05, 3.63) is 64.7 Å². The third-order valence-electron chi connectivity index (χ3n) is 7.76. The number of amides is 4. The molecule has 0 radical (unpaired) electrons. The Hall–Kier alpha value is -4.62. The summed E-state index contributed by atoms with van der Waals surface area (Å²) in [6.45, 7) is 0.970. The number of nitrogens with one attached hydrogen (secondary N) is 2. The first kappa shape index (κ1) is 34.3. The number of hydrogen-bond acceptors (Lipinski definition) is 8. The van der Waals surface area contributed by atoms with Gasteiger partial charge in [0, 0.05) is 39.3 Å². The lowest BCUT2D eigenvalue weighted by Gasteiger charge is -2.37. The maximum atomic E-state index is 14.2. The Bertz CT molecular complexity index is 1540. The molecule has 2 aromatic rings. The number of hydrogen-bond donors (Lipinski definition) is 2. The van der Waals surface area contributed by atoms with Gasteiger partial charge in [-0.2, -0.15) is 23.4 Å². The molecule has 2 aliphatic rings. The summed E-state index contributed by atoms with van der Waals surface area (Å²) in [4.78, 5) is 45.6. The Morgan fingerprint density at radius 3 is 2.39 bits per heavy atom. The van der Waals surface area contributed by atoms with Crippen LogP contribution in [0.15, 0.2) is 41.4 Å². The number of nitriles is 1. The normalized spacial score (nSPS) is 19.0. The van der Waals surface area contributed by atoms with Crippen LogP contribution in [-0.2, 0) is 20.4 Å². The molecular formula is C30H31F5N6O5. The predicted octanol–water partition coefficient (Wildman–Crippen LogP) is 4.18. The monoisotopic (exact) mass is 650 g/mol. The molecule has 0 aromatic heterocycles. The van der Waals surface area contributed by atoms with Gasteiger partial charge >= 0.3 is 24.2 Å². The molecule has 46 heavy (non-hydrogen) atoms. The molecule has 4 amide bonds. The minimum Gasteiger partial charge on any atom is -0.468 e. The van der Waals surface area contributed by atoms with Gasteiger partial charge in [-0.1, -0.05) is 6.07 Å². The number of esters is 1. The van der Waals surface area contributed by atoms with Crippen LogP contribution >= 0.6 is 0 Å². The highest BCUT2D eigenvalue weighted by Crippen LogP contribution is 2.36. The number of halogens is 5. The Balaban J connectivity index is 1.39. The van der Waals surface area contributed by atoms with Crippen LogP contribution in [0.3, 0.4) is 0 Å². The summed E-state index contributed by atoms with van der Waals surface area (Å²) >= 11 is 0. The van der Waals surface area contributed by atoms with Crippen molar-refractivity contribution in [3.63, 3.8) is 0 Å². The van der Waals surface area contributed by atoms with Crippen molar-refractivity contribution in [2.75, 3.05) is 51.9 Å². The molecule has 2 unspecified atom stereocenters. The van der Waals surface area contributed by atoms with Gasteiger partial charge in [0.15, 0.2) is 11.6 Å². The van der Waals surface area contributed by atoms with Crippen LogP contribution in [0.25, 0.3) is 0 Å². The standard InChI is InChI=1S/C30H31F5N6O5/c1-45-16-23-25(27(42)46-2)26(17-3-5-21(31)22(32)14-17)41(29(44)39-23)28(43)38-10-9-37-20-7-11-40(12-8-20)24-6-4-19(30(33,34)35)13-18(24)15-36/h3-6,13-14,20,25-26,37H,7-12,16H2,1-2H3,(H,38,43). The molecule has 2 atom stereocenters. The zero-order valence-corrected chi connectivity index (χ0v) is 24.9. The number of aliphatic imine (C=N–C) groups is 1. The SMILES string of the molecule is COCC1=NC(=O)N(C(=O)NCCNC2CCN(c3ccc(C(F)(F)F)cc3C#N)CC2)C(c2ccc(F)c(F)c2)C1C(=O)OC. The van der Waals surface area contributed by atoms with E-state index in [0.717, 1.165) is 37.4 Å². The van der Waals surface area contributed by atoms with Gasteiger partial charge in [-0.25, -0.2) is 23.3 Å². The van der Waals surface area contributed by atoms with Crippen molar-refractivity contribution in [2.45, 2.75) is 31.1 Å². The van der Waals surface area contributed by atoms with Gasteiger partial charge in [-0.05, 0) is 48.7 Å². The van der Waals surface area contributed by atoms with Crippen LogP contribution in [-0.4, -0.2) is 81.7 Å². The van der Waals surface area contributed by atoms with E-state index < -0.39 is 53.4 Å². The summed E-state index contributed by atoms with van der Waals surface area (Å²) in [7, 11) is 2.40. The number of anilines is 1. The predicted molar refractivity (Wildman–Crippen MR) is 154 cm³/mol. The van der Waals surface area contributed by atoms with Crippen LogP contribution in [0, 0.1) is 28.9 Å². The molecule has 2 aromatic carbocycles. The van der Waals surface area contributed by atoms with E-state index >= 15 is 0 Å². The van der Waals surface area contributed by atoms with E-state index in [4.69, 9.17) is 9.47 Å². The Morgan fingerprint density at radius 1 is 1.07 bits per heavy atom. The lowest BCUT2D eigenvalue weighted by molar-refractivity contribution is -0.144.